The van der Waals surface area contributed by atoms with Gasteiger partial charge in [-0.05, 0) is 0 Å². The van der Waals surface area contributed by atoms with E-state index in [0.717, 1.165) is 0 Å². The van der Waals surface area contributed by atoms with E-state index in [1.807, 2.05) is 0 Å². The molecule has 0 bridgehead atoms. The lowest BCUT2D eigenvalue weighted by molar-refractivity contribution is -0.140. The van der Waals surface area contributed by atoms with Gasteiger partial charge in [-0.3, -0.25) is 5.01 Å². The van der Waals surface area contributed by atoms with E-state index >= 15 is 0 Å². The van der Waals surface area contributed by atoms with Crippen LogP contribution in [0.15, 0.2) is 5.16 Å². The number of carbonyl (C=O) groups is 1. The van der Waals surface area contributed by atoms with Crippen molar-refractivity contribution < 1.29 is 9.63 Å². The lowest BCUT2D eigenvalue weighted by Crippen LogP contribution is -2.32. The summed E-state index contributed by atoms with van der Waals surface area (Å²) in [6.07, 6.45) is 0.174. The zero-order valence-electron chi connectivity index (χ0n) is 5.00. The Kier molecular flexibility index (Phi) is 1.35. The highest BCUT2D eigenvalue weighted by atomic mass is 16.7. The third kappa shape index (κ3) is 1.17. The Hall–Kier alpha value is -1.10. The molecule has 2 N–H and O–H groups in total. The SMILES string of the molecule is CN(N)C1=NOC(=O)C1. The van der Waals surface area contributed by atoms with Crippen molar-refractivity contribution in [2.75, 3.05) is 7.05 Å². The molecule has 0 fully saturated rings. The summed E-state index contributed by atoms with van der Waals surface area (Å²) in [5, 5.41) is 4.64. The zero-order chi connectivity index (χ0) is 6.85. The lowest BCUT2D eigenvalue weighted by atomic mass is 10.4. The predicted octanol–water partition coefficient (Wildman–Crippen LogP) is -0.948. The molecule has 1 rings (SSSR count). The first-order valence-electron chi connectivity index (χ1n) is 2.45. The molecular formula is C4H7N3O2. The number of oxime groups is 1. The minimum Gasteiger partial charge on any atom is -0.316 e. The summed E-state index contributed by atoms with van der Waals surface area (Å²) in [7, 11) is 1.60. The van der Waals surface area contributed by atoms with Gasteiger partial charge in [0.2, 0.25) is 0 Å². The van der Waals surface area contributed by atoms with Crippen molar-refractivity contribution in [1.29, 1.82) is 0 Å². The number of hydrogen-bond acceptors (Lipinski definition) is 5. The molecule has 5 heteroatoms. The third-order valence-electron chi connectivity index (χ3n) is 0.962. The molecule has 0 spiro atoms. The molecule has 0 saturated heterocycles. The molecule has 0 amide bonds. The number of nitrogens with two attached hydrogens (primary N) is 1. The lowest BCUT2D eigenvalue weighted by Gasteiger charge is -2.06. The van der Waals surface area contributed by atoms with Crippen LogP contribution < -0.4 is 5.84 Å². The molecule has 5 nitrogen and oxygen atoms in total. The molecule has 0 aliphatic carbocycles. The van der Waals surface area contributed by atoms with Crippen molar-refractivity contribution in [3.8, 4) is 0 Å². The summed E-state index contributed by atoms with van der Waals surface area (Å²) in [5.74, 6) is 5.33. The van der Waals surface area contributed by atoms with Gasteiger partial charge in [-0.25, -0.2) is 10.6 Å². The van der Waals surface area contributed by atoms with Gasteiger partial charge in [0.15, 0.2) is 5.84 Å². The van der Waals surface area contributed by atoms with Gasteiger partial charge in [0.25, 0.3) is 0 Å². The largest absolute Gasteiger partial charge is 0.342 e. The fourth-order valence-electron chi connectivity index (χ4n) is 0.486. The van der Waals surface area contributed by atoms with Crippen LogP contribution in [0, 0.1) is 0 Å². The van der Waals surface area contributed by atoms with Gasteiger partial charge >= 0.3 is 5.97 Å². The molecule has 1 aliphatic heterocycles. The highest BCUT2D eigenvalue weighted by molar-refractivity contribution is 6.00. The molecule has 50 valence electrons. The number of hydrazine groups is 1. The highest BCUT2D eigenvalue weighted by Gasteiger charge is 2.18. The maximum Gasteiger partial charge on any atom is 0.342 e. The fraction of sp³-hybridized carbons (Fsp3) is 0.500. The summed E-state index contributed by atoms with van der Waals surface area (Å²) in [6.45, 7) is 0. The topological polar surface area (TPSA) is 67.9 Å². The normalized spacial score (nSPS) is 17.1. The third-order valence-corrected chi connectivity index (χ3v) is 0.962. The molecular weight excluding hydrogens is 122 g/mol. The van der Waals surface area contributed by atoms with Gasteiger partial charge in [0.1, 0.15) is 6.42 Å². The van der Waals surface area contributed by atoms with Crippen LogP contribution in [-0.2, 0) is 9.63 Å². The Morgan fingerprint density at radius 1 is 1.89 bits per heavy atom. The van der Waals surface area contributed by atoms with Gasteiger partial charge < -0.3 is 4.84 Å². The second-order valence-electron chi connectivity index (χ2n) is 1.76. The number of carbonyl (C=O) groups excluding carboxylic acids is 1. The minimum atomic E-state index is -0.359. The molecule has 9 heavy (non-hydrogen) atoms. The van der Waals surface area contributed by atoms with E-state index in [4.69, 9.17) is 5.84 Å². The maximum absolute atomic E-state index is 10.3. The van der Waals surface area contributed by atoms with Crippen molar-refractivity contribution in [2.45, 2.75) is 6.42 Å². The van der Waals surface area contributed by atoms with Crippen LogP contribution in [0.25, 0.3) is 0 Å². The second kappa shape index (κ2) is 2.02. The van der Waals surface area contributed by atoms with Crippen LogP contribution in [0.3, 0.4) is 0 Å². The molecule has 1 aliphatic rings. The van der Waals surface area contributed by atoms with Gasteiger partial charge in [-0.15, -0.1) is 0 Å². The van der Waals surface area contributed by atoms with Crippen LogP contribution in [-0.4, -0.2) is 23.9 Å². The highest BCUT2D eigenvalue weighted by Crippen LogP contribution is 2.01. The van der Waals surface area contributed by atoms with Crippen LogP contribution >= 0.6 is 0 Å². The Balaban J connectivity index is 2.55. The Bertz CT molecular complexity index is 163. The van der Waals surface area contributed by atoms with E-state index in [1.54, 1.807) is 7.05 Å². The van der Waals surface area contributed by atoms with Crippen molar-refractivity contribution >= 4 is 11.8 Å². The van der Waals surface area contributed by atoms with Gasteiger partial charge in [0, 0.05) is 7.05 Å². The average Bonchev–Trinajstić information content (AvgIpc) is 2.14. The first-order chi connectivity index (χ1) is 4.20. The van der Waals surface area contributed by atoms with Crippen LogP contribution in [0.5, 0.6) is 0 Å². The minimum absolute atomic E-state index is 0.174. The molecule has 1 heterocycles. The molecule has 0 saturated carbocycles. The van der Waals surface area contributed by atoms with Crippen LogP contribution in [0.1, 0.15) is 6.42 Å². The average molecular weight is 129 g/mol. The molecule has 0 radical (unpaired) electrons. The second-order valence-corrected chi connectivity index (χ2v) is 1.76. The van der Waals surface area contributed by atoms with E-state index in [9.17, 15) is 4.79 Å². The first kappa shape index (κ1) is 6.03. The quantitative estimate of drug-likeness (QED) is 0.260. The summed E-state index contributed by atoms with van der Waals surface area (Å²) in [6, 6.07) is 0. The van der Waals surface area contributed by atoms with E-state index in [-0.39, 0.29) is 12.4 Å². The maximum atomic E-state index is 10.3. The zero-order valence-corrected chi connectivity index (χ0v) is 5.00. The molecule has 0 aromatic heterocycles. The fourth-order valence-corrected chi connectivity index (χ4v) is 0.486. The van der Waals surface area contributed by atoms with E-state index in [2.05, 4.69) is 9.99 Å². The van der Waals surface area contributed by atoms with Gasteiger partial charge in [-0.1, -0.05) is 5.16 Å². The van der Waals surface area contributed by atoms with Crippen molar-refractivity contribution in [1.82, 2.24) is 5.01 Å². The summed E-state index contributed by atoms with van der Waals surface area (Å²) in [4.78, 5) is 14.6. The number of nitrogens with zero attached hydrogens (tertiary/aromatic N) is 2. The van der Waals surface area contributed by atoms with Gasteiger partial charge in [-0.2, -0.15) is 0 Å². The van der Waals surface area contributed by atoms with E-state index in [1.165, 1.54) is 5.01 Å². The van der Waals surface area contributed by atoms with Crippen LogP contribution in [0.2, 0.25) is 0 Å². The van der Waals surface area contributed by atoms with Crippen molar-refractivity contribution in [3.63, 3.8) is 0 Å². The summed E-state index contributed by atoms with van der Waals surface area (Å²) >= 11 is 0. The molecule has 0 unspecified atom stereocenters. The van der Waals surface area contributed by atoms with Gasteiger partial charge in [0.05, 0.1) is 0 Å². The Labute approximate surface area is 52.0 Å². The summed E-state index contributed by atoms with van der Waals surface area (Å²) < 4.78 is 0. The van der Waals surface area contributed by atoms with Crippen molar-refractivity contribution in [3.05, 3.63) is 0 Å². The first-order valence-corrected chi connectivity index (χ1v) is 2.45. The van der Waals surface area contributed by atoms with Crippen molar-refractivity contribution in [2.24, 2.45) is 11.0 Å². The molecule has 0 aromatic carbocycles. The molecule has 0 atom stereocenters. The number of amidine groups is 1. The molecule has 0 aromatic rings. The number of rotatable bonds is 0. The monoisotopic (exact) mass is 129 g/mol. The predicted molar refractivity (Wildman–Crippen MR) is 30.1 cm³/mol. The van der Waals surface area contributed by atoms with E-state index in [0.29, 0.717) is 5.84 Å². The van der Waals surface area contributed by atoms with Crippen LogP contribution in [0.4, 0.5) is 0 Å². The summed E-state index contributed by atoms with van der Waals surface area (Å²) in [5.41, 5.74) is 0. The Morgan fingerprint density at radius 2 is 2.56 bits per heavy atom. The standard InChI is InChI=1S/C4H7N3O2/c1-7(5)3-2-4(8)9-6-3/h2,5H2,1H3. The number of hydrogen-bond donors (Lipinski definition) is 1. The Morgan fingerprint density at radius 3 is 2.78 bits per heavy atom. The van der Waals surface area contributed by atoms with E-state index < -0.39 is 0 Å². The smallest absolute Gasteiger partial charge is 0.316 e.